The second-order valence-corrected chi connectivity index (χ2v) is 7.11. The molecule has 0 radical (unpaired) electrons. The summed E-state index contributed by atoms with van der Waals surface area (Å²) in [7, 11) is 0. The number of fused-ring (bicyclic) bond motifs is 1. The number of rotatable bonds is 6. The molecule has 1 aromatic heterocycles. The lowest BCUT2D eigenvalue weighted by molar-refractivity contribution is -0.378. The van der Waals surface area contributed by atoms with Crippen LogP contribution in [0, 0.1) is 11.8 Å². The van der Waals surface area contributed by atoms with E-state index in [4.69, 9.17) is 14.5 Å². The second-order valence-electron chi connectivity index (χ2n) is 7.11. The highest BCUT2D eigenvalue weighted by Gasteiger charge is 2.24. The molecule has 4 rings (SSSR count). The molecule has 0 bridgehead atoms. The van der Waals surface area contributed by atoms with Crippen LogP contribution >= 0.6 is 0 Å². The Morgan fingerprint density at radius 3 is 3.07 bits per heavy atom. The smallest absolute Gasteiger partial charge is 0.228 e. The highest BCUT2D eigenvalue weighted by atomic mass is 17.2. The third-order valence-corrected chi connectivity index (χ3v) is 5.06. The van der Waals surface area contributed by atoms with Crippen LogP contribution in [0.4, 0.5) is 17.2 Å². The molecule has 0 aliphatic carbocycles. The Morgan fingerprint density at radius 1 is 1.30 bits per heavy atom. The molecule has 2 aromatic rings. The molecule has 3 heterocycles. The SMILES string of the molecule is CCN(c1cccc2c1NC(=O)C2)c1ncccc1C#CCOOC1CCCCO1. The Bertz CT molecular complexity index is 960. The molecule has 1 amide bonds. The topological polar surface area (TPSA) is 72.9 Å². The van der Waals surface area contributed by atoms with E-state index in [0.717, 1.165) is 47.6 Å². The number of carbonyl (C=O) groups is 1. The van der Waals surface area contributed by atoms with Gasteiger partial charge in [0.1, 0.15) is 12.4 Å². The van der Waals surface area contributed by atoms with E-state index in [1.807, 2.05) is 37.3 Å². The maximum absolute atomic E-state index is 11.9. The Hall–Kier alpha value is -2.92. The van der Waals surface area contributed by atoms with Crippen molar-refractivity contribution in [3.05, 3.63) is 47.7 Å². The predicted octanol–water partition coefficient (Wildman–Crippen LogP) is 3.56. The average molecular weight is 407 g/mol. The van der Waals surface area contributed by atoms with Gasteiger partial charge in [-0.25, -0.2) is 14.8 Å². The fourth-order valence-corrected chi connectivity index (χ4v) is 3.66. The molecule has 1 fully saturated rings. The minimum absolute atomic E-state index is 0.00799. The Kier molecular flexibility index (Phi) is 6.60. The molecule has 7 heteroatoms. The number of benzene rings is 1. The average Bonchev–Trinajstić information content (AvgIpc) is 3.16. The lowest BCUT2D eigenvalue weighted by Gasteiger charge is -2.25. The predicted molar refractivity (Wildman–Crippen MR) is 113 cm³/mol. The molecule has 7 nitrogen and oxygen atoms in total. The number of nitrogens with one attached hydrogen (secondary N) is 1. The fraction of sp³-hybridized carbons (Fsp3) is 0.391. The molecular weight excluding hydrogens is 382 g/mol. The maximum atomic E-state index is 11.9. The van der Waals surface area contributed by atoms with Gasteiger partial charge in [-0.1, -0.05) is 24.0 Å². The van der Waals surface area contributed by atoms with Crippen LogP contribution in [0.1, 0.15) is 37.3 Å². The number of ether oxygens (including phenoxy) is 1. The van der Waals surface area contributed by atoms with Crippen LogP contribution in [0.2, 0.25) is 0 Å². The van der Waals surface area contributed by atoms with Crippen molar-refractivity contribution in [2.75, 3.05) is 30.0 Å². The quantitative estimate of drug-likeness (QED) is 0.342. The van der Waals surface area contributed by atoms with E-state index in [0.29, 0.717) is 19.6 Å². The van der Waals surface area contributed by atoms with Crippen molar-refractivity contribution < 1.29 is 19.3 Å². The second kappa shape index (κ2) is 9.72. The van der Waals surface area contributed by atoms with Crippen LogP contribution in [0.5, 0.6) is 0 Å². The number of hydrogen-bond acceptors (Lipinski definition) is 6. The lowest BCUT2D eigenvalue weighted by Crippen LogP contribution is -2.22. The van der Waals surface area contributed by atoms with Gasteiger partial charge in [-0.15, -0.1) is 0 Å². The standard InChI is InChI=1S/C23H25N3O4/c1-2-26(19-11-5-8-18-16-20(27)25-22(18)19)23-17(9-6-13-24-23)10-7-15-29-30-21-12-3-4-14-28-21/h5-6,8-9,11,13,21H,2-4,12,14-16H2,1H3,(H,25,27). The first-order valence-electron chi connectivity index (χ1n) is 10.3. The molecule has 0 spiro atoms. The molecule has 1 aromatic carbocycles. The van der Waals surface area contributed by atoms with Gasteiger partial charge in [-0.3, -0.25) is 4.79 Å². The summed E-state index contributed by atoms with van der Waals surface area (Å²) in [5.41, 5.74) is 3.53. The number of nitrogens with zero attached hydrogens (tertiary/aromatic N) is 2. The highest BCUT2D eigenvalue weighted by molar-refractivity contribution is 6.03. The van der Waals surface area contributed by atoms with E-state index in [9.17, 15) is 4.79 Å². The largest absolute Gasteiger partial charge is 0.350 e. The first kappa shape index (κ1) is 20.4. The van der Waals surface area contributed by atoms with Crippen molar-refractivity contribution in [2.24, 2.45) is 0 Å². The van der Waals surface area contributed by atoms with Gasteiger partial charge in [-0.2, -0.15) is 0 Å². The van der Waals surface area contributed by atoms with E-state index in [1.165, 1.54) is 0 Å². The number of aromatic nitrogens is 1. The van der Waals surface area contributed by atoms with Gasteiger partial charge in [0.2, 0.25) is 5.91 Å². The zero-order valence-corrected chi connectivity index (χ0v) is 17.0. The Morgan fingerprint density at radius 2 is 2.23 bits per heavy atom. The molecule has 0 saturated carbocycles. The number of hydrogen-bond donors (Lipinski definition) is 1. The summed E-state index contributed by atoms with van der Waals surface area (Å²) in [4.78, 5) is 29.0. The maximum Gasteiger partial charge on any atom is 0.228 e. The highest BCUT2D eigenvalue weighted by Crippen LogP contribution is 2.37. The number of pyridine rings is 1. The van der Waals surface area contributed by atoms with Gasteiger partial charge in [0.05, 0.1) is 23.4 Å². The van der Waals surface area contributed by atoms with E-state index >= 15 is 0 Å². The fourth-order valence-electron chi connectivity index (χ4n) is 3.66. The molecule has 1 atom stereocenters. The van der Waals surface area contributed by atoms with Crippen LogP contribution in [-0.2, 0) is 25.7 Å². The van der Waals surface area contributed by atoms with Crippen LogP contribution in [0.25, 0.3) is 0 Å². The van der Waals surface area contributed by atoms with E-state index in [-0.39, 0.29) is 18.8 Å². The minimum atomic E-state index is -0.305. The molecule has 2 aliphatic heterocycles. The van der Waals surface area contributed by atoms with E-state index < -0.39 is 0 Å². The first-order valence-corrected chi connectivity index (χ1v) is 10.3. The minimum Gasteiger partial charge on any atom is -0.350 e. The van der Waals surface area contributed by atoms with Gasteiger partial charge in [0.15, 0.2) is 6.29 Å². The molecule has 1 saturated heterocycles. The van der Waals surface area contributed by atoms with Crippen LogP contribution in [-0.4, -0.2) is 36.9 Å². The van der Waals surface area contributed by atoms with Gasteiger partial charge in [0, 0.05) is 25.8 Å². The first-order chi connectivity index (χ1) is 14.8. The lowest BCUT2D eigenvalue weighted by atomic mass is 10.1. The molecule has 30 heavy (non-hydrogen) atoms. The molecular formula is C23H25N3O4. The third kappa shape index (κ3) is 4.62. The van der Waals surface area contributed by atoms with Crippen molar-refractivity contribution in [3.8, 4) is 11.8 Å². The summed E-state index contributed by atoms with van der Waals surface area (Å²) in [6.45, 7) is 3.56. The number of amides is 1. The van der Waals surface area contributed by atoms with Crippen molar-refractivity contribution in [2.45, 2.75) is 38.9 Å². The van der Waals surface area contributed by atoms with Gasteiger partial charge in [0.25, 0.3) is 0 Å². The zero-order valence-electron chi connectivity index (χ0n) is 17.0. The normalized spacial score (nSPS) is 17.6. The summed E-state index contributed by atoms with van der Waals surface area (Å²) in [5.74, 6) is 6.85. The summed E-state index contributed by atoms with van der Waals surface area (Å²) >= 11 is 0. The summed E-state index contributed by atoms with van der Waals surface area (Å²) in [5, 5.41) is 2.97. The van der Waals surface area contributed by atoms with Crippen molar-refractivity contribution >= 4 is 23.1 Å². The summed E-state index contributed by atoms with van der Waals surface area (Å²) in [6, 6.07) is 9.69. The van der Waals surface area contributed by atoms with Crippen LogP contribution in [0.15, 0.2) is 36.5 Å². The van der Waals surface area contributed by atoms with E-state index in [2.05, 4.69) is 27.0 Å². The molecule has 1 N–H and O–H groups in total. The van der Waals surface area contributed by atoms with Gasteiger partial charge >= 0.3 is 0 Å². The van der Waals surface area contributed by atoms with E-state index in [1.54, 1.807) is 6.20 Å². The van der Waals surface area contributed by atoms with Crippen LogP contribution < -0.4 is 10.2 Å². The Balaban J connectivity index is 1.49. The van der Waals surface area contributed by atoms with Crippen molar-refractivity contribution in [1.82, 2.24) is 4.98 Å². The van der Waals surface area contributed by atoms with Gasteiger partial charge in [-0.05, 0) is 43.5 Å². The number of carbonyl (C=O) groups excluding carboxylic acids is 1. The third-order valence-electron chi connectivity index (χ3n) is 5.06. The molecule has 1 unspecified atom stereocenters. The monoisotopic (exact) mass is 407 g/mol. The van der Waals surface area contributed by atoms with Crippen LogP contribution in [0.3, 0.4) is 0 Å². The summed E-state index contributed by atoms with van der Waals surface area (Å²) < 4.78 is 5.46. The van der Waals surface area contributed by atoms with Crippen molar-refractivity contribution in [1.29, 1.82) is 0 Å². The summed E-state index contributed by atoms with van der Waals surface area (Å²) in [6.07, 6.45) is 4.81. The molecule has 2 aliphatic rings. The Labute approximate surface area is 176 Å². The number of anilines is 3. The molecule has 156 valence electrons. The van der Waals surface area contributed by atoms with Crippen molar-refractivity contribution in [3.63, 3.8) is 0 Å². The number of para-hydroxylation sites is 1. The van der Waals surface area contributed by atoms with Gasteiger partial charge < -0.3 is 15.0 Å². The zero-order chi connectivity index (χ0) is 20.8.